The van der Waals surface area contributed by atoms with E-state index < -0.39 is 0 Å². The van der Waals surface area contributed by atoms with Gasteiger partial charge in [0.25, 0.3) is 0 Å². The van der Waals surface area contributed by atoms with Crippen molar-refractivity contribution < 1.29 is 5.11 Å². The summed E-state index contributed by atoms with van der Waals surface area (Å²) in [7, 11) is 0. The molecule has 0 aromatic carbocycles. The fraction of sp³-hybridized carbons (Fsp3) is 0.875. The molecule has 0 saturated heterocycles. The summed E-state index contributed by atoms with van der Waals surface area (Å²) in [6.07, 6.45) is 5.06. The van der Waals surface area contributed by atoms with E-state index in [0.29, 0.717) is 17.7 Å². The number of aliphatic hydroxyl groups excluding tert-OH is 1. The molecule has 0 aliphatic heterocycles. The first-order valence-corrected chi connectivity index (χ1v) is 4.89. The van der Waals surface area contributed by atoms with Crippen LogP contribution in [0, 0.1) is 0 Å². The van der Waals surface area contributed by atoms with Crippen molar-refractivity contribution in [3.05, 3.63) is 0 Å². The highest BCUT2D eigenvalue weighted by molar-refractivity contribution is 7.80. The fourth-order valence-corrected chi connectivity index (χ4v) is 1.74. The Morgan fingerprint density at radius 1 is 1.42 bits per heavy atom. The lowest BCUT2D eigenvalue weighted by Gasteiger charge is -2.14. The molecule has 0 heterocycles. The summed E-state index contributed by atoms with van der Waals surface area (Å²) in [5.74, 6) is 0. The van der Waals surface area contributed by atoms with E-state index in [0.717, 1.165) is 0 Å². The molecule has 0 unspecified atom stereocenters. The molecule has 0 bridgehead atoms. The second-order valence-corrected chi connectivity index (χ2v) is 3.51. The Bertz CT molecular complexity index is 146. The van der Waals surface area contributed by atoms with Gasteiger partial charge in [-0.3, -0.25) is 0 Å². The third kappa shape index (κ3) is 3.36. The van der Waals surface area contributed by atoms with E-state index in [-0.39, 0.29) is 6.61 Å². The zero-order valence-corrected chi connectivity index (χ0v) is 7.99. The lowest BCUT2D eigenvalue weighted by Crippen LogP contribution is -2.41. The van der Waals surface area contributed by atoms with Gasteiger partial charge in [0.2, 0.25) is 0 Å². The number of hydrogen-bond acceptors (Lipinski definition) is 2. The highest BCUT2D eigenvalue weighted by Crippen LogP contribution is 2.17. The van der Waals surface area contributed by atoms with Crippen LogP contribution in [0.5, 0.6) is 0 Å². The van der Waals surface area contributed by atoms with Crippen LogP contribution in [0.4, 0.5) is 0 Å². The fourth-order valence-electron chi connectivity index (χ4n) is 1.48. The quantitative estimate of drug-likeness (QED) is 0.560. The molecule has 12 heavy (non-hydrogen) atoms. The summed E-state index contributed by atoms with van der Waals surface area (Å²) >= 11 is 5.02. The summed E-state index contributed by atoms with van der Waals surface area (Å²) in [6, 6.07) is 0.559. The molecule has 3 N–H and O–H groups in total. The SMILES string of the molecule is OCCNC(=S)NC1CCCC1. The topological polar surface area (TPSA) is 44.3 Å². The van der Waals surface area contributed by atoms with Gasteiger partial charge in [0, 0.05) is 12.6 Å². The van der Waals surface area contributed by atoms with Crippen molar-refractivity contribution in [2.45, 2.75) is 31.7 Å². The molecule has 1 fully saturated rings. The van der Waals surface area contributed by atoms with Gasteiger partial charge < -0.3 is 15.7 Å². The summed E-state index contributed by atoms with van der Waals surface area (Å²) in [5.41, 5.74) is 0. The molecule has 0 aromatic rings. The first kappa shape index (κ1) is 9.74. The third-order valence-electron chi connectivity index (χ3n) is 2.09. The molecule has 4 heteroatoms. The van der Waals surface area contributed by atoms with Gasteiger partial charge in [0.1, 0.15) is 0 Å². The van der Waals surface area contributed by atoms with Crippen molar-refractivity contribution in [3.63, 3.8) is 0 Å². The minimum absolute atomic E-state index is 0.131. The van der Waals surface area contributed by atoms with Gasteiger partial charge in [-0.2, -0.15) is 0 Å². The second-order valence-electron chi connectivity index (χ2n) is 3.11. The zero-order chi connectivity index (χ0) is 8.81. The van der Waals surface area contributed by atoms with E-state index in [2.05, 4.69) is 10.6 Å². The van der Waals surface area contributed by atoms with Crippen molar-refractivity contribution in [1.29, 1.82) is 0 Å². The summed E-state index contributed by atoms with van der Waals surface area (Å²) in [5, 5.41) is 15.4. The minimum atomic E-state index is 0.131. The van der Waals surface area contributed by atoms with Crippen LogP contribution < -0.4 is 10.6 Å². The third-order valence-corrected chi connectivity index (χ3v) is 2.35. The molecule has 70 valence electrons. The van der Waals surface area contributed by atoms with E-state index in [1.54, 1.807) is 0 Å². The van der Waals surface area contributed by atoms with E-state index in [4.69, 9.17) is 17.3 Å². The lowest BCUT2D eigenvalue weighted by atomic mass is 10.3. The molecular weight excluding hydrogens is 172 g/mol. The summed E-state index contributed by atoms with van der Waals surface area (Å²) in [6.45, 7) is 0.672. The first-order valence-electron chi connectivity index (χ1n) is 4.48. The van der Waals surface area contributed by atoms with Crippen molar-refractivity contribution >= 4 is 17.3 Å². The van der Waals surface area contributed by atoms with Crippen LogP contribution in [-0.4, -0.2) is 29.4 Å². The molecular formula is C8H16N2OS. The van der Waals surface area contributed by atoms with Crippen molar-refractivity contribution in [2.24, 2.45) is 0 Å². The van der Waals surface area contributed by atoms with Gasteiger partial charge in [0.05, 0.1) is 6.61 Å². The summed E-state index contributed by atoms with van der Waals surface area (Å²) < 4.78 is 0. The Morgan fingerprint density at radius 3 is 2.67 bits per heavy atom. The standard InChI is InChI=1S/C8H16N2OS/c11-6-5-9-8(12)10-7-3-1-2-4-7/h7,11H,1-6H2,(H2,9,10,12). The number of aliphatic hydroxyl groups is 1. The highest BCUT2D eigenvalue weighted by atomic mass is 32.1. The molecule has 1 saturated carbocycles. The first-order chi connectivity index (χ1) is 5.83. The molecule has 0 aromatic heterocycles. The zero-order valence-electron chi connectivity index (χ0n) is 7.18. The normalized spacial score (nSPS) is 17.8. The van der Waals surface area contributed by atoms with E-state index >= 15 is 0 Å². The Labute approximate surface area is 78.5 Å². The van der Waals surface area contributed by atoms with Gasteiger partial charge in [-0.25, -0.2) is 0 Å². The van der Waals surface area contributed by atoms with Crippen LogP contribution in [0.2, 0.25) is 0 Å². The Balaban J connectivity index is 2.08. The molecule has 3 nitrogen and oxygen atoms in total. The van der Waals surface area contributed by atoms with Crippen LogP contribution in [-0.2, 0) is 0 Å². The lowest BCUT2D eigenvalue weighted by molar-refractivity contribution is 0.300. The van der Waals surface area contributed by atoms with E-state index in [1.165, 1.54) is 25.7 Å². The number of hydrogen-bond donors (Lipinski definition) is 3. The highest BCUT2D eigenvalue weighted by Gasteiger charge is 2.14. The van der Waals surface area contributed by atoms with Crippen LogP contribution >= 0.6 is 12.2 Å². The Morgan fingerprint density at radius 2 is 2.08 bits per heavy atom. The van der Waals surface area contributed by atoms with Crippen molar-refractivity contribution in [1.82, 2.24) is 10.6 Å². The molecule has 0 atom stereocenters. The monoisotopic (exact) mass is 188 g/mol. The minimum Gasteiger partial charge on any atom is -0.395 e. The molecule has 0 radical (unpaired) electrons. The van der Waals surface area contributed by atoms with Crippen LogP contribution in [0.25, 0.3) is 0 Å². The van der Waals surface area contributed by atoms with Crippen LogP contribution in [0.3, 0.4) is 0 Å². The van der Waals surface area contributed by atoms with Crippen molar-refractivity contribution in [2.75, 3.05) is 13.2 Å². The summed E-state index contributed by atoms with van der Waals surface area (Å²) in [4.78, 5) is 0. The predicted molar refractivity (Wildman–Crippen MR) is 53.1 cm³/mol. The number of thiocarbonyl (C=S) groups is 1. The average Bonchev–Trinajstić information content (AvgIpc) is 2.53. The maximum atomic E-state index is 8.53. The molecule has 1 aliphatic rings. The van der Waals surface area contributed by atoms with Crippen LogP contribution in [0.1, 0.15) is 25.7 Å². The Kier molecular flexibility index (Phi) is 4.32. The van der Waals surface area contributed by atoms with Gasteiger partial charge in [0.15, 0.2) is 5.11 Å². The largest absolute Gasteiger partial charge is 0.395 e. The van der Waals surface area contributed by atoms with Crippen LogP contribution in [0.15, 0.2) is 0 Å². The van der Waals surface area contributed by atoms with E-state index in [1.807, 2.05) is 0 Å². The van der Waals surface area contributed by atoms with Gasteiger partial charge >= 0.3 is 0 Å². The maximum absolute atomic E-state index is 8.53. The second kappa shape index (κ2) is 5.32. The number of rotatable bonds is 3. The predicted octanol–water partition coefficient (Wildman–Crippen LogP) is 0.385. The van der Waals surface area contributed by atoms with Gasteiger partial charge in [-0.05, 0) is 25.1 Å². The number of nitrogens with one attached hydrogen (secondary N) is 2. The van der Waals surface area contributed by atoms with E-state index in [9.17, 15) is 0 Å². The van der Waals surface area contributed by atoms with Gasteiger partial charge in [-0.15, -0.1) is 0 Å². The Hall–Kier alpha value is -0.350. The average molecular weight is 188 g/mol. The maximum Gasteiger partial charge on any atom is 0.166 e. The molecule has 0 spiro atoms. The molecule has 1 aliphatic carbocycles. The smallest absolute Gasteiger partial charge is 0.166 e. The molecule has 1 rings (SSSR count). The van der Waals surface area contributed by atoms with Gasteiger partial charge in [-0.1, -0.05) is 12.8 Å². The van der Waals surface area contributed by atoms with Crippen molar-refractivity contribution in [3.8, 4) is 0 Å². The molecule has 0 amide bonds.